The van der Waals surface area contributed by atoms with E-state index in [-0.39, 0.29) is 0 Å². The fourth-order valence-electron chi connectivity index (χ4n) is 15.1. The van der Waals surface area contributed by atoms with Crippen molar-refractivity contribution in [2.24, 2.45) is 0 Å². The van der Waals surface area contributed by atoms with Gasteiger partial charge in [-0.1, -0.05) is 66.7 Å². The van der Waals surface area contributed by atoms with E-state index in [2.05, 4.69) is 86.6 Å². The maximum atomic E-state index is 2.78. The van der Waals surface area contributed by atoms with Crippen LogP contribution in [0.5, 0.6) is 0 Å². The first-order valence-electron chi connectivity index (χ1n) is 22.0. The van der Waals surface area contributed by atoms with Crippen LogP contribution in [0.15, 0.2) is 72.8 Å². The van der Waals surface area contributed by atoms with Crippen molar-refractivity contribution in [2.75, 3.05) is 0 Å². The summed E-state index contributed by atoms with van der Waals surface area (Å²) < 4.78 is 0. The highest BCUT2D eigenvalue weighted by Crippen LogP contribution is 2.67. The Morgan fingerprint density at radius 3 is 1.17 bits per heavy atom. The van der Waals surface area contributed by atoms with Gasteiger partial charge in [-0.25, -0.2) is 0 Å². The Morgan fingerprint density at radius 2 is 0.722 bits per heavy atom. The number of benzene rings is 6. The summed E-state index contributed by atoms with van der Waals surface area (Å²) in [6.45, 7) is 4.78. The molecule has 6 aromatic carbocycles. The molecule has 6 aromatic rings. The lowest BCUT2D eigenvalue weighted by Crippen LogP contribution is -2.11. The Bertz CT molecular complexity index is 2600. The van der Waals surface area contributed by atoms with Gasteiger partial charge in [0, 0.05) is 0 Å². The van der Waals surface area contributed by atoms with Gasteiger partial charge in [-0.2, -0.15) is 0 Å². The van der Waals surface area contributed by atoms with Gasteiger partial charge in [-0.15, -0.1) is 0 Å². The molecule has 0 radical (unpaired) electrons. The molecule has 4 saturated carbocycles. The van der Waals surface area contributed by atoms with Crippen LogP contribution in [0.4, 0.5) is 0 Å². The zero-order valence-electron chi connectivity index (χ0n) is 32.0. The lowest BCUT2D eigenvalue weighted by molar-refractivity contribution is 0.692. The summed E-state index contributed by atoms with van der Waals surface area (Å²) in [5.74, 6) is 6.02. The summed E-state index contributed by atoms with van der Waals surface area (Å²) in [7, 11) is 0. The fourth-order valence-corrected chi connectivity index (χ4v) is 15.1. The predicted octanol–water partition coefficient (Wildman–Crippen LogP) is 15.1. The first-order valence-corrected chi connectivity index (χ1v) is 22.0. The van der Waals surface area contributed by atoms with Crippen molar-refractivity contribution in [1.82, 2.24) is 0 Å². The van der Waals surface area contributed by atoms with Crippen molar-refractivity contribution in [2.45, 2.75) is 138 Å². The average molecular weight is 699 g/mol. The Hall–Kier alpha value is -4.16. The van der Waals surface area contributed by atoms with Crippen molar-refractivity contribution in [3.8, 4) is 33.4 Å². The maximum absolute atomic E-state index is 2.78. The average Bonchev–Trinajstić information content (AvgIpc) is 4.07. The van der Waals surface area contributed by atoms with Crippen molar-refractivity contribution in [3.63, 3.8) is 0 Å². The smallest absolute Gasteiger partial charge is 0.00201 e. The van der Waals surface area contributed by atoms with Crippen LogP contribution in [0.3, 0.4) is 0 Å². The van der Waals surface area contributed by atoms with Crippen LogP contribution in [0.1, 0.15) is 180 Å². The third kappa shape index (κ3) is 3.68. The van der Waals surface area contributed by atoms with E-state index >= 15 is 0 Å². The van der Waals surface area contributed by atoms with E-state index in [1.165, 1.54) is 110 Å². The van der Waals surface area contributed by atoms with Crippen molar-refractivity contribution < 1.29 is 0 Å². The van der Waals surface area contributed by atoms with Gasteiger partial charge in [-0.05, 0) is 255 Å². The molecule has 14 rings (SSSR count). The summed E-state index contributed by atoms with van der Waals surface area (Å²) in [6, 6.07) is 30.0. The lowest BCUT2D eigenvalue weighted by Gasteiger charge is -2.31. The van der Waals surface area contributed by atoms with Gasteiger partial charge in [0.1, 0.15) is 0 Å². The molecular weight excluding hydrogens is 649 g/mol. The van der Waals surface area contributed by atoms with Gasteiger partial charge in [0.15, 0.2) is 0 Å². The Balaban J connectivity index is 1.19. The number of rotatable bonds is 3. The quantitative estimate of drug-likeness (QED) is 0.161. The molecule has 0 aliphatic heterocycles. The molecule has 54 heavy (non-hydrogen) atoms. The third-order valence-electron chi connectivity index (χ3n) is 17.4. The van der Waals surface area contributed by atoms with E-state index in [1.54, 1.807) is 77.5 Å². The summed E-state index contributed by atoms with van der Waals surface area (Å²) >= 11 is 0. The Morgan fingerprint density at radius 1 is 0.333 bits per heavy atom. The number of hydrogen-bond acceptors (Lipinski definition) is 0. The second kappa shape index (κ2) is 10.4. The zero-order chi connectivity index (χ0) is 35.1. The molecule has 0 saturated heterocycles. The highest BCUT2D eigenvalue weighted by atomic mass is 14.5. The van der Waals surface area contributed by atoms with Crippen LogP contribution in [-0.2, 0) is 0 Å². The van der Waals surface area contributed by atoms with Gasteiger partial charge in [0.25, 0.3) is 0 Å². The summed E-state index contributed by atoms with van der Waals surface area (Å²) in [6.07, 6.45) is 16.7. The fraction of sp³-hybridized carbons (Fsp3) is 0.407. The topological polar surface area (TPSA) is 0 Å². The van der Waals surface area contributed by atoms with Crippen molar-refractivity contribution >= 4 is 21.5 Å². The SMILES string of the molecule is Cc1cc2c(-c3c4c(cc5c3C3CCC5C3)C3CCC4C3)c3ccc(-c4ccccc4)cc3c(-c3c4c(cc5c3C3CCC5C3)C3CCC4C3)c2cc1C. The number of fused-ring (bicyclic) bond motifs is 22. The van der Waals surface area contributed by atoms with Gasteiger partial charge >= 0.3 is 0 Å². The monoisotopic (exact) mass is 698 g/mol. The molecule has 8 aliphatic carbocycles. The van der Waals surface area contributed by atoms with Gasteiger partial charge < -0.3 is 0 Å². The summed E-state index contributed by atoms with van der Waals surface area (Å²) in [5, 5.41) is 6.15. The molecule has 0 spiro atoms. The molecule has 0 heteroatoms. The third-order valence-corrected chi connectivity index (χ3v) is 17.4. The molecule has 4 fully saturated rings. The molecule has 8 bridgehead atoms. The normalized spacial score (nSPS) is 29.9. The zero-order valence-corrected chi connectivity index (χ0v) is 32.0. The minimum absolute atomic E-state index is 0.727. The van der Waals surface area contributed by atoms with Crippen molar-refractivity contribution in [1.29, 1.82) is 0 Å². The molecular formula is C54H50. The highest BCUT2D eigenvalue weighted by Gasteiger charge is 2.48. The molecule has 0 nitrogen and oxygen atoms in total. The number of hydrogen-bond donors (Lipinski definition) is 0. The predicted molar refractivity (Wildman–Crippen MR) is 225 cm³/mol. The molecule has 8 aliphatic rings. The number of aryl methyl sites for hydroxylation is 2. The summed E-state index contributed by atoms with van der Waals surface area (Å²) in [4.78, 5) is 0. The highest BCUT2D eigenvalue weighted by molar-refractivity contribution is 6.23. The second-order valence-electron chi connectivity index (χ2n) is 19.7. The minimum atomic E-state index is 0.727. The second-order valence-corrected chi connectivity index (χ2v) is 19.7. The van der Waals surface area contributed by atoms with E-state index < -0.39 is 0 Å². The van der Waals surface area contributed by atoms with Crippen LogP contribution in [0.2, 0.25) is 0 Å². The van der Waals surface area contributed by atoms with E-state index in [0.717, 1.165) is 47.3 Å². The van der Waals surface area contributed by atoms with Crippen LogP contribution < -0.4 is 0 Å². The molecule has 0 aromatic heterocycles. The van der Waals surface area contributed by atoms with Crippen LogP contribution >= 0.6 is 0 Å². The lowest BCUT2D eigenvalue weighted by atomic mass is 9.72. The van der Waals surface area contributed by atoms with Gasteiger partial charge in [0.05, 0.1) is 0 Å². The first kappa shape index (κ1) is 30.1. The van der Waals surface area contributed by atoms with Crippen LogP contribution in [-0.4, -0.2) is 0 Å². The maximum Gasteiger partial charge on any atom is -0.00201 e. The van der Waals surface area contributed by atoms with Crippen LogP contribution in [0.25, 0.3) is 54.9 Å². The largest absolute Gasteiger partial charge is 0.0622 e. The molecule has 0 heterocycles. The Labute approximate surface area is 320 Å². The van der Waals surface area contributed by atoms with Crippen LogP contribution in [0, 0.1) is 13.8 Å². The van der Waals surface area contributed by atoms with Gasteiger partial charge in [0.2, 0.25) is 0 Å². The minimum Gasteiger partial charge on any atom is -0.0622 e. The van der Waals surface area contributed by atoms with E-state index in [4.69, 9.17) is 0 Å². The standard InChI is InChI=1S/C54H50/c1-27-18-44-45(19-28(27)2)52(54-49-37-14-10-33(22-37)42(49)26-43-34-11-15-38(23-34)50(43)54)46-24-30(29-6-4-3-5-7-29)16-17-39(46)51(44)53-47-35-12-8-31(20-35)40(47)25-41-32-9-13-36(21-32)48(41)53/h3-7,16-19,24-26,31-38H,8-15,20-23H2,1-2H3. The summed E-state index contributed by atoms with van der Waals surface area (Å²) in [5.41, 5.74) is 26.4. The molecule has 266 valence electrons. The van der Waals surface area contributed by atoms with E-state index in [0.29, 0.717) is 0 Å². The van der Waals surface area contributed by atoms with Crippen molar-refractivity contribution in [3.05, 3.63) is 128 Å². The van der Waals surface area contributed by atoms with Gasteiger partial charge in [-0.3, -0.25) is 0 Å². The van der Waals surface area contributed by atoms with E-state index in [9.17, 15) is 0 Å². The first-order chi connectivity index (χ1) is 26.6. The Kier molecular flexibility index (Phi) is 5.78. The molecule has 0 N–H and O–H groups in total. The molecule has 8 unspecified atom stereocenters. The molecule has 0 amide bonds. The van der Waals surface area contributed by atoms with E-state index in [1.807, 2.05) is 0 Å². The molecule has 8 atom stereocenters.